The number of morpholine rings is 1. The first-order valence-corrected chi connectivity index (χ1v) is 5.61. The molecule has 0 bridgehead atoms. The Hall–Kier alpha value is -0.970. The zero-order chi connectivity index (χ0) is 13.0. The lowest BCUT2D eigenvalue weighted by molar-refractivity contribution is 0.0662. The first-order chi connectivity index (χ1) is 8.68. The largest absolute Gasteiger partial charge is 0.378 e. The van der Waals surface area contributed by atoms with E-state index >= 15 is 0 Å². The lowest BCUT2D eigenvalue weighted by atomic mass is 10.4. The van der Waals surface area contributed by atoms with Crippen LogP contribution in [-0.2, 0) is 11.3 Å². The zero-order valence-electron chi connectivity index (χ0n) is 10.2. The second-order valence-electron chi connectivity index (χ2n) is 3.80. The molecule has 19 heavy (non-hydrogen) atoms. The zero-order valence-corrected chi connectivity index (χ0v) is 12.5. The van der Waals surface area contributed by atoms with Crippen molar-refractivity contribution in [3.63, 3.8) is 0 Å². The van der Waals surface area contributed by atoms with Crippen molar-refractivity contribution in [2.24, 2.45) is 10.7 Å². The normalized spacial score (nSPS) is 16.6. The van der Waals surface area contributed by atoms with Crippen LogP contribution in [0.1, 0.15) is 12.4 Å². The number of rotatable bonds is 3. The van der Waals surface area contributed by atoms with Crippen LogP contribution in [0.3, 0.4) is 0 Å². The molecule has 0 saturated carbocycles. The molecule has 0 spiro atoms. The van der Waals surface area contributed by atoms with Crippen LogP contribution in [0.5, 0.6) is 0 Å². The summed E-state index contributed by atoms with van der Waals surface area (Å²) in [6, 6.07) is 0. The molecule has 108 valence electrons. The van der Waals surface area contributed by atoms with Gasteiger partial charge in [-0.05, 0) is 0 Å². The Morgan fingerprint density at radius 1 is 1.47 bits per heavy atom. The summed E-state index contributed by atoms with van der Waals surface area (Å²) < 4.78 is 31.1. The highest BCUT2D eigenvalue weighted by Gasteiger charge is 2.14. The van der Waals surface area contributed by atoms with Crippen LogP contribution in [0.2, 0.25) is 0 Å². The molecule has 2 rings (SSSR count). The van der Waals surface area contributed by atoms with E-state index in [0.717, 1.165) is 4.57 Å². The fourth-order valence-electron chi connectivity index (χ4n) is 1.69. The van der Waals surface area contributed by atoms with Crippen molar-refractivity contribution in [2.45, 2.75) is 13.1 Å². The van der Waals surface area contributed by atoms with Crippen LogP contribution in [-0.4, -0.2) is 46.7 Å². The molecule has 1 aromatic rings. The van der Waals surface area contributed by atoms with E-state index in [-0.39, 0.29) is 36.3 Å². The smallest absolute Gasteiger partial charge is 0.319 e. The maximum absolute atomic E-state index is 12.6. The summed E-state index contributed by atoms with van der Waals surface area (Å²) in [5.41, 5.74) is 5.79. The molecule has 0 atom stereocenters. The van der Waals surface area contributed by atoms with Gasteiger partial charge in [-0.2, -0.15) is 8.78 Å². The summed E-state index contributed by atoms with van der Waals surface area (Å²) in [5, 5.41) is 0. The Bertz CT molecular complexity index is 420. The highest BCUT2D eigenvalue weighted by atomic mass is 127. The van der Waals surface area contributed by atoms with Gasteiger partial charge in [-0.15, -0.1) is 24.0 Å². The molecule has 1 aliphatic heterocycles. The second kappa shape index (κ2) is 7.58. The molecule has 9 heteroatoms. The quantitative estimate of drug-likeness (QED) is 0.478. The Kier molecular flexibility index (Phi) is 6.42. The van der Waals surface area contributed by atoms with Crippen LogP contribution in [0.25, 0.3) is 0 Å². The SMILES string of the molecule is I.NC(=NCc1nccn1C(F)F)N1CCOCC1. The van der Waals surface area contributed by atoms with E-state index in [0.29, 0.717) is 32.3 Å². The third-order valence-electron chi connectivity index (χ3n) is 2.68. The van der Waals surface area contributed by atoms with Gasteiger partial charge in [-0.3, -0.25) is 4.57 Å². The summed E-state index contributed by atoms with van der Waals surface area (Å²) in [7, 11) is 0. The minimum Gasteiger partial charge on any atom is -0.378 e. The number of hydrogen-bond donors (Lipinski definition) is 1. The molecule has 2 N–H and O–H groups in total. The Morgan fingerprint density at radius 3 is 2.79 bits per heavy atom. The molecule has 1 fully saturated rings. The number of guanidine groups is 1. The number of imidazole rings is 1. The van der Waals surface area contributed by atoms with Crippen molar-refractivity contribution in [1.29, 1.82) is 0 Å². The third kappa shape index (κ3) is 4.27. The van der Waals surface area contributed by atoms with E-state index in [2.05, 4.69) is 9.98 Å². The number of aromatic nitrogens is 2. The van der Waals surface area contributed by atoms with Crippen molar-refractivity contribution in [3.05, 3.63) is 18.2 Å². The van der Waals surface area contributed by atoms with Crippen molar-refractivity contribution in [3.8, 4) is 0 Å². The summed E-state index contributed by atoms with van der Waals surface area (Å²) >= 11 is 0. The summed E-state index contributed by atoms with van der Waals surface area (Å²) in [4.78, 5) is 9.77. The third-order valence-corrected chi connectivity index (χ3v) is 2.68. The van der Waals surface area contributed by atoms with E-state index in [1.807, 2.05) is 4.90 Å². The number of ether oxygens (including phenoxy) is 1. The molecular weight excluding hydrogens is 371 g/mol. The fraction of sp³-hybridized carbons (Fsp3) is 0.600. The number of alkyl halides is 2. The molecule has 0 unspecified atom stereocenters. The van der Waals surface area contributed by atoms with E-state index < -0.39 is 6.55 Å². The topological polar surface area (TPSA) is 68.7 Å². The lowest BCUT2D eigenvalue weighted by Crippen LogP contribution is -2.44. The molecule has 0 amide bonds. The van der Waals surface area contributed by atoms with E-state index in [9.17, 15) is 8.78 Å². The Morgan fingerprint density at radius 2 is 2.16 bits per heavy atom. The fourth-order valence-corrected chi connectivity index (χ4v) is 1.69. The average Bonchev–Trinajstić information content (AvgIpc) is 2.85. The average molecular weight is 387 g/mol. The van der Waals surface area contributed by atoms with Crippen molar-refractivity contribution in [1.82, 2.24) is 14.5 Å². The number of hydrogen-bond acceptors (Lipinski definition) is 3. The van der Waals surface area contributed by atoms with Gasteiger partial charge in [0, 0.05) is 25.5 Å². The first-order valence-electron chi connectivity index (χ1n) is 5.61. The van der Waals surface area contributed by atoms with Crippen molar-refractivity contribution < 1.29 is 13.5 Å². The summed E-state index contributed by atoms with van der Waals surface area (Å²) in [6.07, 6.45) is 2.54. The van der Waals surface area contributed by atoms with Crippen LogP contribution < -0.4 is 5.73 Å². The molecule has 0 aromatic carbocycles. The molecule has 6 nitrogen and oxygen atoms in total. The van der Waals surface area contributed by atoms with Crippen LogP contribution in [0, 0.1) is 0 Å². The van der Waals surface area contributed by atoms with Gasteiger partial charge in [-0.25, -0.2) is 9.98 Å². The molecule has 1 saturated heterocycles. The van der Waals surface area contributed by atoms with Gasteiger partial charge < -0.3 is 15.4 Å². The monoisotopic (exact) mass is 387 g/mol. The maximum Gasteiger partial charge on any atom is 0.319 e. The van der Waals surface area contributed by atoms with Gasteiger partial charge in [0.2, 0.25) is 0 Å². The maximum atomic E-state index is 12.6. The molecule has 0 radical (unpaired) electrons. The predicted molar refractivity (Wildman–Crippen MR) is 76.6 cm³/mol. The van der Waals surface area contributed by atoms with Gasteiger partial charge in [0.1, 0.15) is 12.4 Å². The number of aliphatic imine (C=N–C) groups is 1. The number of nitrogens with two attached hydrogens (primary N) is 1. The van der Waals surface area contributed by atoms with Crippen molar-refractivity contribution in [2.75, 3.05) is 26.3 Å². The summed E-state index contributed by atoms with van der Waals surface area (Å²) in [6.45, 7) is -0.0380. The van der Waals surface area contributed by atoms with Gasteiger partial charge in [-0.1, -0.05) is 0 Å². The van der Waals surface area contributed by atoms with Gasteiger partial charge in [0.05, 0.1) is 13.2 Å². The number of halogens is 3. The van der Waals surface area contributed by atoms with Crippen LogP contribution >= 0.6 is 24.0 Å². The van der Waals surface area contributed by atoms with Crippen molar-refractivity contribution >= 4 is 29.9 Å². The minimum atomic E-state index is -2.61. The lowest BCUT2D eigenvalue weighted by Gasteiger charge is -2.27. The highest BCUT2D eigenvalue weighted by Crippen LogP contribution is 2.12. The Balaban J connectivity index is 0.00000180. The van der Waals surface area contributed by atoms with Crippen LogP contribution in [0.15, 0.2) is 17.4 Å². The molecule has 0 aliphatic carbocycles. The molecule has 1 aromatic heterocycles. The standard InChI is InChI=1S/C10H15F2N5O.HI/c11-9(12)17-2-1-14-8(17)7-15-10(13)16-3-5-18-6-4-16;/h1-2,9H,3-7H2,(H2,13,15);1H. The van der Waals surface area contributed by atoms with E-state index in [4.69, 9.17) is 10.5 Å². The first kappa shape index (κ1) is 16.1. The van der Waals surface area contributed by atoms with Gasteiger partial charge >= 0.3 is 6.55 Å². The van der Waals surface area contributed by atoms with E-state index in [1.165, 1.54) is 12.4 Å². The predicted octanol–water partition coefficient (Wildman–Crippen LogP) is 1.04. The molecular formula is C10H16F2IN5O. The highest BCUT2D eigenvalue weighted by molar-refractivity contribution is 14.0. The molecule has 1 aliphatic rings. The number of nitrogens with zero attached hydrogens (tertiary/aromatic N) is 4. The minimum absolute atomic E-state index is 0. The molecule has 2 heterocycles. The van der Waals surface area contributed by atoms with Gasteiger partial charge in [0.25, 0.3) is 0 Å². The Labute approximate surface area is 126 Å². The van der Waals surface area contributed by atoms with E-state index in [1.54, 1.807) is 0 Å². The van der Waals surface area contributed by atoms with Gasteiger partial charge in [0.15, 0.2) is 5.96 Å². The second-order valence-corrected chi connectivity index (χ2v) is 3.80. The summed E-state index contributed by atoms with van der Waals surface area (Å²) in [5.74, 6) is 0.531. The van der Waals surface area contributed by atoms with Crippen LogP contribution in [0.4, 0.5) is 8.78 Å².